The standard InChI is InChI=1S/C17H20N4O2S.ClH/c1-11-2-4-12(5-3-11)21-9-7-13(17(21)23)20-16(22)14-10-24-15(19-14)6-8-18;/h2-5,10,13H,6-9,18H2,1H3,(H,20,22);1H. The van der Waals surface area contributed by atoms with Gasteiger partial charge >= 0.3 is 0 Å². The Morgan fingerprint density at radius 1 is 1.40 bits per heavy atom. The molecule has 0 bridgehead atoms. The number of amides is 2. The minimum Gasteiger partial charge on any atom is -0.339 e. The summed E-state index contributed by atoms with van der Waals surface area (Å²) in [7, 11) is 0. The highest BCUT2D eigenvalue weighted by molar-refractivity contribution is 7.09. The number of carbonyl (C=O) groups excluding carboxylic acids is 2. The number of benzene rings is 1. The molecular formula is C17H21ClN4O2S. The lowest BCUT2D eigenvalue weighted by Crippen LogP contribution is -2.41. The second-order valence-corrected chi connectivity index (χ2v) is 6.75. The summed E-state index contributed by atoms with van der Waals surface area (Å²) in [5.74, 6) is -0.386. The molecule has 1 aromatic carbocycles. The van der Waals surface area contributed by atoms with E-state index in [1.807, 2.05) is 31.2 Å². The van der Waals surface area contributed by atoms with Crippen molar-refractivity contribution in [1.29, 1.82) is 0 Å². The number of nitrogens with zero attached hydrogens (tertiary/aromatic N) is 2. The van der Waals surface area contributed by atoms with E-state index in [1.165, 1.54) is 11.3 Å². The van der Waals surface area contributed by atoms with Gasteiger partial charge in [0, 0.05) is 24.0 Å². The highest BCUT2D eigenvalue weighted by atomic mass is 35.5. The van der Waals surface area contributed by atoms with E-state index in [0.717, 1.165) is 16.3 Å². The zero-order chi connectivity index (χ0) is 17.1. The lowest BCUT2D eigenvalue weighted by molar-refractivity contribution is -0.118. The topological polar surface area (TPSA) is 88.3 Å². The third-order valence-electron chi connectivity index (χ3n) is 4.00. The van der Waals surface area contributed by atoms with E-state index in [1.54, 1.807) is 10.3 Å². The van der Waals surface area contributed by atoms with Crippen molar-refractivity contribution in [3.63, 3.8) is 0 Å². The molecule has 2 aromatic rings. The molecule has 1 atom stereocenters. The van der Waals surface area contributed by atoms with Crippen LogP contribution in [0.4, 0.5) is 5.69 Å². The van der Waals surface area contributed by atoms with Gasteiger partial charge in [0.15, 0.2) is 0 Å². The van der Waals surface area contributed by atoms with Crippen LogP contribution in [0.2, 0.25) is 0 Å². The molecule has 0 radical (unpaired) electrons. The number of anilines is 1. The Hall–Kier alpha value is -1.96. The van der Waals surface area contributed by atoms with Gasteiger partial charge in [-0.15, -0.1) is 23.7 Å². The Morgan fingerprint density at radius 2 is 2.12 bits per heavy atom. The second-order valence-electron chi connectivity index (χ2n) is 5.81. The molecule has 3 rings (SSSR count). The van der Waals surface area contributed by atoms with Crippen LogP contribution in [0.1, 0.15) is 27.5 Å². The smallest absolute Gasteiger partial charge is 0.271 e. The fraction of sp³-hybridized carbons (Fsp3) is 0.353. The summed E-state index contributed by atoms with van der Waals surface area (Å²) in [5.41, 5.74) is 7.85. The first kappa shape index (κ1) is 19.4. The molecule has 1 saturated heterocycles. The molecule has 8 heteroatoms. The van der Waals surface area contributed by atoms with Crippen molar-refractivity contribution in [2.75, 3.05) is 18.0 Å². The summed E-state index contributed by atoms with van der Waals surface area (Å²) in [4.78, 5) is 30.8. The normalized spacial score (nSPS) is 16.6. The maximum absolute atomic E-state index is 12.5. The van der Waals surface area contributed by atoms with Gasteiger partial charge in [0.1, 0.15) is 11.7 Å². The molecule has 134 valence electrons. The van der Waals surface area contributed by atoms with Crippen molar-refractivity contribution in [3.05, 3.63) is 45.9 Å². The van der Waals surface area contributed by atoms with E-state index >= 15 is 0 Å². The highest BCUT2D eigenvalue weighted by Crippen LogP contribution is 2.22. The van der Waals surface area contributed by atoms with Gasteiger partial charge in [0.25, 0.3) is 5.91 Å². The number of aromatic nitrogens is 1. The van der Waals surface area contributed by atoms with Crippen molar-refractivity contribution < 1.29 is 9.59 Å². The Bertz CT molecular complexity index is 747. The van der Waals surface area contributed by atoms with E-state index in [2.05, 4.69) is 10.3 Å². The van der Waals surface area contributed by atoms with Crippen molar-refractivity contribution in [1.82, 2.24) is 10.3 Å². The molecule has 25 heavy (non-hydrogen) atoms. The van der Waals surface area contributed by atoms with Crippen LogP contribution in [0.5, 0.6) is 0 Å². The molecule has 0 spiro atoms. The van der Waals surface area contributed by atoms with Gasteiger partial charge in [0.05, 0.1) is 5.01 Å². The number of halogens is 1. The summed E-state index contributed by atoms with van der Waals surface area (Å²) in [6.07, 6.45) is 1.25. The van der Waals surface area contributed by atoms with Crippen LogP contribution in [0, 0.1) is 6.92 Å². The van der Waals surface area contributed by atoms with Crippen LogP contribution in [-0.4, -0.2) is 35.9 Å². The number of thiazole rings is 1. The average Bonchev–Trinajstić information content (AvgIpc) is 3.17. The van der Waals surface area contributed by atoms with Crippen LogP contribution < -0.4 is 16.0 Å². The van der Waals surface area contributed by atoms with Crippen LogP contribution in [-0.2, 0) is 11.2 Å². The van der Waals surface area contributed by atoms with E-state index < -0.39 is 6.04 Å². The number of rotatable bonds is 5. The van der Waals surface area contributed by atoms with Crippen molar-refractivity contribution in [2.24, 2.45) is 5.73 Å². The first-order valence-corrected chi connectivity index (χ1v) is 8.80. The molecule has 1 aliphatic rings. The third kappa shape index (κ3) is 4.36. The highest BCUT2D eigenvalue weighted by Gasteiger charge is 2.34. The summed E-state index contributed by atoms with van der Waals surface area (Å²) in [6.45, 7) is 3.11. The predicted molar refractivity (Wildman–Crippen MR) is 102 cm³/mol. The number of nitrogens with one attached hydrogen (secondary N) is 1. The number of hydrogen-bond donors (Lipinski definition) is 2. The van der Waals surface area contributed by atoms with Crippen LogP contribution in [0.3, 0.4) is 0 Å². The lowest BCUT2D eigenvalue weighted by Gasteiger charge is -2.17. The monoisotopic (exact) mass is 380 g/mol. The minimum absolute atomic E-state index is 0. The van der Waals surface area contributed by atoms with Gasteiger partial charge in [0.2, 0.25) is 5.91 Å². The molecule has 2 amide bonds. The lowest BCUT2D eigenvalue weighted by atomic mass is 10.2. The number of aryl methyl sites for hydroxylation is 1. The van der Waals surface area contributed by atoms with Gasteiger partial charge in [-0.3, -0.25) is 9.59 Å². The minimum atomic E-state index is -0.501. The van der Waals surface area contributed by atoms with E-state index in [4.69, 9.17) is 5.73 Å². The van der Waals surface area contributed by atoms with Gasteiger partial charge < -0.3 is 16.0 Å². The molecule has 6 nitrogen and oxygen atoms in total. The first-order chi connectivity index (χ1) is 11.6. The zero-order valence-electron chi connectivity index (χ0n) is 13.9. The number of nitrogens with two attached hydrogens (primary N) is 1. The Balaban J connectivity index is 0.00000225. The zero-order valence-corrected chi connectivity index (χ0v) is 15.5. The van der Waals surface area contributed by atoms with Crippen LogP contribution in [0.15, 0.2) is 29.6 Å². The maximum atomic E-state index is 12.5. The number of carbonyl (C=O) groups is 2. The molecule has 1 aliphatic heterocycles. The van der Waals surface area contributed by atoms with Crippen molar-refractivity contribution in [3.8, 4) is 0 Å². The fourth-order valence-corrected chi connectivity index (χ4v) is 3.47. The van der Waals surface area contributed by atoms with E-state index in [-0.39, 0.29) is 24.2 Å². The van der Waals surface area contributed by atoms with Gasteiger partial charge in [-0.05, 0) is 32.0 Å². The molecule has 2 heterocycles. The average molecular weight is 381 g/mol. The van der Waals surface area contributed by atoms with E-state index in [9.17, 15) is 9.59 Å². The Morgan fingerprint density at radius 3 is 2.80 bits per heavy atom. The first-order valence-electron chi connectivity index (χ1n) is 7.92. The molecule has 3 N–H and O–H groups in total. The SMILES string of the molecule is Cc1ccc(N2CCC(NC(=O)c3csc(CCN)n3)C2=O)cc1.Cl. The Kier molecular flexibility index (Phi) is 6.52. The predicted octanol–water partition coefficient (Wildman–Crippen LogP) is 1.91. The quantitative estimate of drug-likeness (QED) is 0.829. The summed E-state index contributed by atoms with van der Waals surface area (Å²) in [6, 6.07) is 7.30. The largest absolute Gasteiger partial charge is 0.339 e. The second kappa shape index (κ2) is 8.42. The van der Waals surface area contributed by atoms with Gasteiger partial charge in [-0.25, -0.2) is 4.98 Å². The molecule has 1 fully saturated rings. The van der Waals surface area contributed by atoms with Crippen molar-refractivity contribution in [2.45, 2.75) is 25.8 Å². The summed E-state index contributed by atoms with van der Waals surface area (Å²) in [5, 5.41) is 5.33. The van der Waals surface area contributed by atoms with Gasteiger partial charge in [-0.2, -0.15) is 0 Å². The third-order valence-corrected chi connectivity index (χ3v) is 4.91. The van der Waals surface area contributed by atoms with E-state index in [0.29, 0.717) is 31.6 Å². The van der Waals surface area contributed by atoms with Gasteiger partial charge in [-0.1, -0.05) is 17.7 Å². The van der Waals surface area contributed by atoms with Crippen LogP contribution >= 0.6 is 23.7 Å². The Labute approximate surface area is 156 Å². The molecule has 1 aromatic heterocycles. The molecule has 1 unspecified atom stereocenters. The number of hydrogen-bond acceptors (Lipinski definition) is 5. The molecule has 0 aliphatic carbocycles. The molecular weight excluding hydrogens is 360 g/mol. The summed E-state index contributed by atoms with van der Waals surface area (Å²) >= 11 is 1.41. The molecule has 0 saturated carbocycles. The fourth-order valence-electron chi connectivity index (χ4n) is 2.68. The van der Waals surface area contributed by atoms with Crippen LogP contribution in [0.25, 0.3) is 0 Å². The summed E-state index contributed by atoms with van der Waals surface area (Å²) < 4.78 is 0. The maximum Gasteiger partial charge on any atom is 0.271 e. The van der Waals surface area contributed by atoms with Crippen molar-refractivity contribution >= 4 is 41.2 Å².